The van der Waals surface area contributed by atoms with Crippen LogP contribution in [0.2, 0.25) is 0 Å². The summed E-state index contributed by atoms with van der Waals surface area (Å²) in [6.45, 7) is 8.52. The lowest BCUT2D eigenvalue weighted by Gasteiger charge is -2.36. The molecule has 2 aliphatic rings. The van der Waals surface area contributed by atoms with Gasteiger partial charge >= 0.3 is 12.1 Å². The van der Waals surface area contributed by atoms with Crippen molar-refractivity contribution in [1.82, 2.24) is 14.7 Å². The van der Waals surface area contributed by atoms with Crippen molar-refractivity contribution in [3.63, 3.8) is 0 Å². The van der Waals surface area contributed by atoms with Crippen LogP contribution in [0.5, 0.6) is 5.75 Å². The number of halogens is 3. The summed E-state index contributed by atoms with van der Waals surface area (Å²) in [6.07, 6.45) is -3.57. The molecule has 50 heavy (non-hydrogen) atoms. The van der Waals surface area contributed by atoms with Crippen molar-refractivity contribution in [2.24, 2.45) is 5.41 Å². The fourth-order valence-electron chi connectivity index (χ4n) is 6.74. The van der Waals surface area contributed by atoms with Crippen molar-refractivity contribution in [3.8, 4) is 5.75 Å². The first-order valence-corrected chi connectivity index (χ1v) is 17.9. The summed E-state index contributed by atoms with van der Waals surface area (Å²) in [5.74, 6) is 0.451. The molecule has 1 atom stereocenters. The van der Waals surface area contributed by atoms with Crippen LogP contribution in [0.4, 0.5) is 24.5 Å². The number of carbonyl (C=O) groups is 1. The van der Waals surface area contributed by atoms with Gasteiger partial charge in [0.1, 0.15) is 24.4 Å². The number of alkyl halides is 3. The second kappa shape index (κ2) is 15.6. The predicted octanol–water partition coefficient (Wildman–Crippen LogP) is 7.66. The van der Waals surface area contributed by atoms with Crippen LogP contribution in [0.1, 0.15) is 18.9 Å². The number of ether oxygens (including phenoxy) is 2. The highest BCUT2D eigenvalue weighted by Crippen LogP contribution is 2.49. The number of nitrogens with zero attached hydrogens (tertiary/aromatic N) is 4. The van der Waals surface area contributed by atoms with Crippen molar-refractivity contribution in [2.75, 3.05) is 84.6 Å². The lowest BCUT2D eigenvalue weighted by Crippen LogP contribution is -2.48. The van der Waals surface area contributed by atoms with E-state index >= 15 is 0 Å². The van der Waals surface area contributed by atoms with Gasteiger partial charge in [0.05, 0.1) is 16.9 Å². The average molecular weight is 707 g/mol. The SMILES string of the molecule is CN(C)CC(C)(COc1ccc2ccccc2c1)C(=O)OCCN1CCN(CCCN2c3ccccc3Sc3ccc(C(F)(F)F)cc32)CC1. The number of anilines is 2. The van der Waals surface area contributed by atoms with Gasteiger partial charge in [-0.25, -0.2) is 0 Å². The van der Waals surface area contributed by atoms with Gasteiger partial charge in [0.2, 0.25) is 0 Å². The number of hydrogen-bond acceptors (Lipinski definition) is 8. The van der Waals surface area contributed by atoms with Crippen LogP contribution < -0.4 is 9.64 Å². The van der Waals surface area contributed by atoms with Gasteiger partial charge < -0.3 is 24.2 Å². The van der Waals surface area contributed by atoms with Gasteiger partial charge in [0.25, 0.3) is 0 Å². The fourth-order valence-corrected chi connectivity index (χ4v) is 7.82. The molecule has 4 aromatic carbocycles. The number of piperazine rings is 1. The Hall–Kier alpha value is -3.77. The summed E-state index contributed by atoms with van der Waals surface area (Å²) in [5.41, 5.74) is 0.103. The fraction of sp³-hybridized carbons (Fsp3) is 0.410. The molecule has 0 amide bonds. The second-order valence-electron chi connectivity index (χ2n) is 13.7. The van der Waals surface area contributed by atoms with Gasteiger partial charge in [-0.15, -0.1) is 0 Å². The molecule has 0 aromatic heterocycles. The van der Waals surface area contributed by atoms with E-state index in [1.54, 1.807) is 6.07 Å². The minimum Gasteiger partial charge on any atom is -0.492 e. The maximum absolute atomic E-state index is 13.6. The van der Waals surface area contributed by atoms with E-state index in [9.17, 15) is 18.0 Å². The van der Waals surface area contributed by atoms with Gasteiger partial charge in [-0.05, 0) is 87.2 Å². The largest absolute Gasteiger partial charge is 0.492 e. The molecule has 0 radical (unpaired) electrons. The molecule has 1 saturated heterocycles. The number of benzene rings is 4. The summed E-state index contributed by atoms with van der Waals surface area (Å²) in [5, 5.41) is 2.22. The van der Waals surface area contributed by atoms with E-state index in [2.05, 4.69) is 15.9 Å². The van der Waals surface area contributed by atoms with Crippen LogP contribution in [0, 0.1) is 5.41 Å². The molecule has 4 aromatic rings. The van der Waals surface area contributed by atoms with Crippen molar-refractivity contribution in [3.05, 3.63) is 90.5 Å². The lowest BCUT2D eigenvalue weighted by molar-refractivity contribution is -0.158. The van der Waals surface area contributed by atoms with Crippen LogP contribution in [0.3, 0.4) is 0 Å². The smallest absolute Gasteiger partial charge is 0.416 e. The molecule has 1 unspecified atom stereocenters. The Morgan fingerprint density at radius 2 is 1.48 bits per heavy atom. The molecule has 0 spiro atoms. The number of hydrogen-bond donors (Lipinski definition) is 0. The van der Waals surface area contributed by atoms with Crippen molar-refractivity contribution < 1.29 is 27.4 Å². The molecule has 0 N–H and O–H groups in total. The molecular formula is C39H45F3N4O3S. The summed E-state index contributed by atoms with van der Waals surface area (Å²) in [6, 6.07) is 26.0. The number of fused-ring (bicyclic) bond motifs is 3. The van der Waals surface area contributed by atoms with Crippen LogP contribution in [0.15, 0.2) is 94.7 Å². The van der Waals surface area contributed by atoms with E-state index in [0.29, 0.717) is 31.9 Å². The van der Waals surface area contributed by atoms with E-state index in [-0.39, 0.29) is 12.6 Å². The van der Waals surface area contributed by atoms with E-state index in [1.807, 2.05) is 91.5 Å². The molecule has 11 heteroatoms. The second-order valence-corrected chi connectivity index (χ2v) is 14.8. The quantitative estimate of drug-likeness (QED) is 0.132. The van der Waals surface area contributed by atoms with E-state index < -0.39 is 17.2 Å². The van der Waals surface area contributed by atoms with Crippen LogP contribution in [-0.2, 0) is 15.7 Å². The Morgan fingerprint density at radius 1 is 0.800 bits per heavy atom. The minimum atomic E-state index is -4.39. The van der Waals surface area contributed by atoms with Gasteiger partial charge in [0.15, 0.2) is 0 Å². The standard InChI is InChI=1S/C39H45F3N4O3S/c1-38(27-43(2)3,28-49-32-15-13-29-9-4-5-10-30(29)25-32)37(47)48-24-23-45-21-19-44(20-22-45)17-8-18-46-33-11-6-7-12-35(33)50-36-16-14-31(26-34(36)46)39(40,41)42/h4-7,9-16,25-26H,8,17-24,27-28H2,1-3H3. The third-order valence-electron chi connectivity index (χ3n) is 9.35. The Kier molecular flexibility index (Phi) is 11.3. The number of para-hydroxylation sites is 1. The first-order valence-electron chi connectivity index (χ1n) is 17.1. The molecule has 0 aliphatic carbocycles. The highest BCUT2D eigenvalue weighted by Gasteiger charge is 2.37. The first-order chi connectivity index (χ1) is 24.0. The third-order valence-corrected chi connectivity index (χ3v) is 10.5. The molecule has 2 heterocycles. The Labute approximate surface area is 296 Å². The highest BCUT2D eigenvalue weighted by atomic mass is 32.2. The summed E-state index contributed by atoms with van der Waals surface area (Å²) < 4.78 is 52.7. The van der Waals surface area contributed by atoms with E-state index in [1.165, 1.54) is 23.9 Å². The Morgan fingerprint density at radius 3 is 2.22 bits per heavy atom. The average Bonchev–Trinajstić information content (AvgIpc) is 3.10. The van der Waals surface area contributed by atoms with Gasteiger partial charge in [0, 0.05) is 55.6 Å². The molecule has 0 bridgehead atoms. The zero-order chi connectivity index (χ0) is 35.3. The molecule has 266 valence electrons. The van der Waals surface area contributed by atoms with Crippen LogP contribution in [0.25, 0.3) is 10.8 Å². The Bertz CT molecular complexity index is 1780. The monoisotopic (exact) mass is 706 g/mol. The summed E-state index contributed by atoms with van der Waals surface area (Å²) in [4.78, 5) is 24.0. The van der Waals surface area contributed by atoms with E-state index in [4.69, 9.17) is 9.47 Å². The van der Waals surface area contributed by atoms with Crippen molar-refractivity contribution in [2.45, 2.75) is 29.3 Å². The first kappa shape index (κ1) is 36.0. The highest BCUT2D eigenvalue weighted by molar-refractivity contribution is 7.99. The molecule has 6 rings (SSSR count). The molecule has 2 aliphatic heterocycles. The summed E-state index contributed by atoms with van der Waals surface area (Å²) >= 11 is 1.52. The molecule has 0 saturated carbocycles. The zero-order valence-electron chi connectivity index (χ0n) is 28.9. The molecule has 1 fully saturated rings. The third kappa shape index (κ3) is 8.74. The van der Waals surface area contributed by atoms with Gasteiger partial charge in [-0.2, -0.15) is 13.2 Å². The minimum absolute atomic E-state index is 0.206. The Balaban J connectivity index is 0.962. The van der Waals surface area contributed by atoms with Crippen LogP contribution >= 0.6 is 11.8 Å². The number of esters is 1. The lowest BCUT2D eigenvalue weighted by atomic mass is 9.91. The maximum atomic E-state index is 13.6. The topological polar surface area (TPSA) is 48.5 Å². The number of carbonyl (C=O) groups excluding carboxylic acids is 1. The molecule has 7 nitrogen and oxygen atoms in total. The predicted molar refractivity (Wildman–Crippen MR) is 194 cm³/mol. The normalized spacial score (nSPS) is 16.6. The van der Waals surface area contributed by atoms with Crippen molar-refractivity contribution >= 4 is 39.9 Å². The van der Waals surface area contributed by atoms with Gasteiger partial charge in [-0.3, -0.25) is 9.69 Å². The van der Waals surface area contributed by atoms with E-state index in [0.717, 1.165) is 71.1 Å². The zero-order valence-corrected chi connectivity index (χ0v) is 29.7. The molecular weight excluding hydrogens is 662 g/mol. The number of rotatable bonds is 13. The van der Waals surface area contributed by atoms with Crippen LogP contribution in [-0.4, -0.2) is 100 Å². The van der Waals surface area contributed by atoms with Crippen molar-refractivity contribution in [1.29, 1.82) is 0 Å². The maximum Gasteiger partial charge on any atom is 0.416 e. The summed E-state index contributed by atoms with van der Waals surface area (Å²) in [7, 11) is 3.88. The van der Waals surface area contributed by atoms with Gasteiger partial charge in [-0.1, -0.05) is 54.2 Å².